The fourth-order valence-corrected chi connectivity index (χ4v) is 2.73. The summed E-state index contributed by atoms with van der Waals surface area (Å²) in [5.41, 5.74) is 0.822. The van der Waals surface area contributed by atoms with Crippen LogP contribution in [0.4, 0.5) is 4.79 Å². The largest absolute Gasteiger partial charge is 0.480 e. The molecule has 9 heteroatoms. The lowest BCUT2D eigenvalue weighted by molar-refractivity contribution is -0.143. The van der Waals surface area contributed by atoms with E-state index in [2.05, 4.69) is 10.6 Å². The Morgan fingerprint density at radius 1 is 1.26 bits per heavy atom. The van der Waals surface area contributed by atoms with Crippen molar-refractivity contribution >= 4 is 23.9 Å². The van der Waals surface area contributed by atoms with Crippen LogP contribution in [-0.2, 0) is 25.7 Å². The lowest BCUT2D eigenvalue weighted by atomic mass is 10.2. The SMILES string of the molecule is C[C@@H](NC(=O)[C@H]1CCCN1C(=O)CNC(=O)OCc1ccccc1)C(=O)O. The standard InChI is InChI=1S/C18H23N3O6/c1-12(17(24)25)20-16(23)14-8-5-9-21(14)15(22)10-19-18(26)27-11-13-6-3-2-4-7-13/h2-4,6-7,12,14H,5,8-11H2,1H3,(H,19,26)(H,20,23)(H,24,25)/t12-,14-/m1/s1. The second kappa shape index (κ2) is 9.56. The molecular weight excluding hydrogens is 354 g/mol. The molecule has 3 N–H and O–H groups in total. The normalized spacial score (nSPS) is 17.1. The van der Waals surface area contributed by atoms with E-state index in [1.807, 2.05) is 30.3 Å². The molecule has 1 fully saturated rings. The Hall–Kier alpha value is -3.10. The summed E-state index contributed by atoms with van der Waals surface area (Å²) >= 11 is 0. The van der Waals surface area contributed by atoms with Gasteiger partial charge >= 0.3 is 12.1 Å². The van der Waals surface area contributed by atoms with Gasteiger partial charge < -0.3 is 25.4 Å². The van der Waals surface area contributed by atoms with Gasteiger partial charge in [0, 0.05) is 6.54 Å². The summed E-state index contributed by atoms with van der Waals surface area (Å²) in [6.45, 7) is 1.51. The Labute approximate surface area is 156 Å². The zero-order valence-corrected chi connectivity index (χ0v) is 15.0. The number of carbonyl (C=O) groups excluding carboxylic acids is 3. The lowest BCUT2D eigenvalue weighted by Crippen LogP contribution is -2.51. The number of amides is 3. The van der Waals surface area contributed by atoms with E-state index in [0.29, 0.717) is 19.4 Å². The highest BCUT2D eigenvalue weighted by Crippen LogP contribution is 2.17. The summed E-state index contributed by atoms with van der Waals surface area (Å²) in [6.07, 6.45) is 0.346. The topological polar surface area (TPSA) is 125 Å². The summed E-state index contributed by atoms with van der Waals surface area (Å²) in [5.74, 6) is -2.09. The van der Waals surface area contributed by atoms with Gasteiger partial charge in [0.15, 0.2) is 0 Å². The highest BCUT2D eigenvalue weighted by molar-refractivity contribution is 5.91. The fourth-order valence-electron chi connectivity index (χ4n) is 2.73. The van der Waals surface area contributed by atoms with Crippen LogP contribution in [0.2, 0.25) is 0 Å². The van der Waals surface area contributed by atoms with Crippen molar-refractivity contribution in [2.75, 3.05) is 13.1 Å². The van der Waals surface area contributed by atoms with E-state index in [0.717, 1.165) is 5.56 Å². The van der Waals surface area contributed by atoms with Crippen LogP contribution >= 0.6 is 0 Å². The van der Waals surface area contributed by atoms with Crippen LogP contribution in [-0.4, -0.2) is 59.1 Å². The van der Waals surface area contributed by atoms with Crippen molar-refractivity contribution in [1.82, 2.24) is 15.5 Å². The third-order valence-corrected chi connectivity index (χ3v) is 4.20. The Morgan fingerprint density at radius 3 is 2.63 bits per heavy atom. The molecule has 146 valence electrons. The van der Waals surface area contributed by atoms with Gasteiger partial charge in [-0.25, -0.2) is 4.79 Å². The number of likely N-dealkylation sites (tertiary alicyclic amines) is 1. The minimum absolute atomic E-state index is 0.0860. The van der Waals surface area contributed by atoms with E-state index < -0.39 is 36.0 Å². The van der Waals surface area contributed by atoms with E-state index in [1.165, 1.54) is 11.8 Å². The van der Waals surface area contributed by atoms with Crippen molar-refractivity contribution < 1.29 is 29.0 Å². The van der Waals surface area contributed by atoms with Crippen molar-refractivity contribution in [3.8, 4) is 0 Å². The van der Waals surface area contributed by atoms with Gasteiger partial charge in [0.1, 0.15) is 25.2 Å². The predicted octanol–water partition coefficient (Wildman–Crippen LogP) is 0.493. The van der Waals surface area contributed by atoms with Crippen LogP contribution in [0.5, 0.6) is 0 Å². The molecule has 2 atom stereocenters. The number of carboxylic acids is 1. The van der Waals surface area contributed by atoms with E-state index in [1.54, 1.807) is 0 Å². The van der Waals surface area contributed by atoms with Crippen LogP contribution in [0, 0.1) is 0 Å². The molecule has 0 aliphatic carbocycles. The first kappa shape index (κ1) is 20.2. The number of carboxylic acid groups (broad SMARTS) is 1. The third kappa shape index (κ3) is 5.98. The molecule has 0 unspecified atom stereocenters. The molecule has 0 saturated carbocycles. The molecule has 1 aliphatic heterocycles. The van der Waals surface area contributed by atoms with Gasteiger partial charge in [-0.1, -0.05) is 30.3 Å². The van der Waals surface area contributed by atoms with Gasteiger partial charge in [0.25, 0.3) is 0 Å². The average molecular weight is 377 g/mol. The van der Waals surface area contributed by atoms with E-state index in [4.69, 9.17) is 9.84 Å². The third-order valence-electron chi connectivity index (χ3n) is 4.20. The first-order valence-electron chi connectivity index (χ1n) is 8.65. The fraction of sp³-hybridized carbons (Fsp3) is 0.444. The Kier molecular flexibility index (Phi) is 7.16. The number of benzene rings is 1. The van der Waals surface area contributed by atoms with Gasteiger partial charge in [-0.2, -0.15) is 0 Å². The molecule has 0 radical (unpaired) electrons. The summed E-state index contributed by atoms with van der Waals surface area (Å²) in [6, 6.07) is 7.34. The Morgan fingerprint density at radius 2 is 1.96 bits per heavy atom. The number of rotatable bonds is 7. The summed E-state index contributed by atoms with van der Waals surface area (Å²) < 4.78 is 5.03. The van der Waals surface area contributed by atoms with Crippen molar-refractivity contribution in [2.45, 2.75) is 38.5 Å². The van der Waals surface area contributed by atoms with Gasteiger partial charge in [-0.3, -0.25) is 14.4 Å². The first-order chi connectivity index (χ1) is 12.9. The number of nitrogens with one attached hydrogen (secondary N) is 2. The number of nitrogens with zero attached hydrogens (tertiary/aromatic N) is 1. The molecule has 27 heavy (non-hydrogen) atoms. The molecule has 2 rings (SSSR count). The number of aliphatic carboxylic acids is 1. The monoisotopic (exact) mass is 377 g/mol. The van der Waals surface area contributed by atoms with Crippen LogP contribution < -0.4 is 10.6 Å². The maximum atomic E-state index is 12.3. The zero-order chi connectivity index (χ0) is 19.8. The minimum Gasteiger partial charge on any atom is -0.480 e. The van der Waals surface area contributed by atoms with E-state index >= 15 is 0 Å². The number of carbonyl (C=O) groups is 4. The molecule has 0 bridgehead atoms. The summed E-state index contributed by atoms with van der Waals surface area (Å²) in [5, 5.41) is 13.6. The number of hydrogen-bond acceptors (Lipinski definition) is 5. The summed E-state index contributed by atoms with van der Waals surface area (Å²) in [4.78, 5) is 48.4. The molecule has 1 aromatic carbocycles. The predicted molar refractivity (Wildman–Crippen MR) is 94.6 cm³/mol. The number of alkyl carbamates (subject to hydrolysis) is 1. The smallest absolute Gasteiger partial charge is 0.407 e. The molecule has 0 spiro atoms. The van der Waals surface area contributed by atoms with Crippen molar-refractivity contribution in [1.29, 1.82) is 0 Å². The molecule has 1 heterocycles. The van der Waals surface area contributed by atoms with Crippen molar-refractivity contribution in [3.05, 3.63) is 35.9 Å². The molecule has 0 aromatic heterocycles. The lowest BCUT2D eigenvalue weighted by Gasteiger charge is -2.24. The van der Waals surface area contributed by atoms with E-state index in [-0.39, 0.29) is 13.2 Å². The van der Waals surface area contributed by atoms with E-state index in [9.17, 15) is 19.2 Å². The van der Waals surface area contributed by atoms with Gasteiger partial charge in [-0.05, 0) is 25.3 Å². The second-order valence-electron chi connectivity index (χ2n) is 6.23. The average Bonchev–Trinajstić information content (AvgIpc) is 3.15. The van der Waals surface area contributed by atoms with Gasteiger partial charge in [0.05, 0.1) is 0 Å². The molecule has 1 aliphatic rings. The Balaban J connectivity index is 1.79. The molecular formula is C18H23N3O6. The first-order valence-corrected chi connectivity index (χ1v) is 8.65. The van der Waals surface area contributed by atoms with Gasteiger partial charge in [-0.15, -0.1) is 0 Å². The summed E-state index contributed by atoms with van der Waals surface area (Å²) in [7, 11) is 0. The van der Waals surface area contributed by atoms with Crippen LogP contribution in [0.15, 0.2) is 30.3 Å². The number of ether oxygens (including phenoxy) is 1. The molecule has 1 aromatic rings. The molecule has 1 saturated heterocycles. The molecule has 3 amide bonds. The maximum absolute atomic E-state index is 12.3. The highest BCUT2D eigenvalue weighted by Gasteiger charge is 2.35. The van der Waals surface area contributed by atoms with Crippen molar-refractivity contribution in [3.63, 3.8) is 0 Å². The number of hydrogen-bond donors (Lipinski definition) is 3. The zero-order valence-electron chi connectivity index (χ0n) is 15.0. The van der Waals surface area contributed by atoms with Crippen LogP contribution in [0.3, 0.4) is 0 Å². The highest BCUT2D eigenvalue weighted by atomic mass is 16.5. The Bertz CT molecular complexity index is 694. The second-order valence-corrected chi connectivity index (χ2v) is 6.23. The molecule has 9 nitrogen and oxygen atoms in total. The van der Waals surface area contributed by atoms with Crippen LogP contribution in [0.1, 0.15) is 25.3 Å². The maximum Gasteiger partial charge on any atom is 0.407 e. The van der Waals surface area contributed by atoms with Crippen LogP contribution in [0.25, 0.3) is 0 Å². The van der Waals surface area contributed by atoms with Gasteiger partial charge in [0.2, 0.25) is 11.8 Å². The minimum atomic E-state index is -1.15. The quantitative estimate of drug-likeness (QED) is 0.635. The van der Waals surface area contributed by atoms with Crippen molar-refractivity contribution in [2.24, 2.45) is 0 Å².